The Kier molecular flexibility index (Phi) is 3.21. The lowest BCUT2D eigenvalue weighted by Gasteiger charge is -2.09. The van der Waals surface area contributed by atoms with Crippen LogP contribution in [0.3, 0.4) is 0 Å². The number of alkyl halides is 4. The third-order valence-electron chi connectivity index (χ3n) is 1.32. The Bertz CT molecular complexity index is 324. The van der Waals surface area contributed by atoms with Crippen LogP contribution >= 0.6 is 11.6 Å². The second kappa shape index (κ2) is 4.04. The molecule has 0 aliphatic carbocycles. The third kappa shape index (κ3) is 3.41. The average molecular weight is 229 g/mol. The molecule has 0 aliphatic rings. The minimum absolute atomic E-state index is 0.0774. The lowest BCUT2D eigenvalue weighted by Crippen LogP contribution is -2.17. The van der Waals surface area contributed by atoms with Crippen molar-refractivity contribution in [2.24, 2.45) is 0 Å². The monoisotopic (exact) mass is 228 g/mol. The van der Waals surface area contributed by atoms with Crippen molar-refractivity contribution in [3.8, 4) is 5.75 Å². The topological polar surface area (TPSA) is 9.23 Å². The van der Waals surface area contributed by atoms with E-state index in [1.807, 2.05) is 0 Å². The van der Waals surface area contributed by atoms with Crippen LogP contribution in [0.4, 0.5) is 17.6 Å². The molecule has 0 fully saturated rings. The van der Waals surface area contributed by atoms with Gasteiger partial charge in [0.05, 0.1) is 0 Å². The van der Waals surface area contributed by atoms with E-state index in [0.717, 1.165) is 12.1 Å². The van der Waals surface area contributed by atoms with Crippen molar-refractivity contribution >= 4 is 11.6 Å². The number of rotatable bonds is 2. The molecule has 0 amide bonds. The van der Waals surface area contributed by atoms with E-state index in [1.165, 1.54) is 0 Å². The summed E-state index contributed by atoms with van der Waals surface area (Å²) in [6, 6.07) is 2.71. The van der Waals surface area contributed by atoms with Gasteiger partial charge >= 0.3 is 6.36 Å². The van der Waals surface area contributed by atoms with E-state index in [-0.39, 0.29) is 11.4 Å². The smallest absolute Gasteiger partial charge is 0.406 e. The minimum atomic E-state index is -4.82. The molecular formula is C8H5ClF4O. The van der Waals surface area contributed by atoms with Crippen molar-refractivity contribution in [1.82, 2.24) is 0 Å². The molecule has 0 spiro atoms. The molecule has 0 aromatic heterocycles. The summed E-state index contributed by atoms with van der Waals surface area (Å²) in [6.45, 7) is 0. The van der Waals surface area contributed by atoms with E-state index < -0.39 is 17.9 Å². The molecule has 0 unspecified atom stereocenters. The van der Waals surface area contributed by atoms with E-state index in [9.17, 15) is 17.6 Å². The highest BCUT2D eigenvalue weighted by Crippen LogP contribution is 2.25. The highest BCUT2D eigenvalue weighted by molar-refractivity contribution is 6.17. The van der Waals surface area contributed by atoms with Crippen molar-refractivity contribution in [2.45, 2.75) is 12.2 Å². The molecule has 0 aliphatic heterocycles. The van der Waals surface area contributed by atoms with Crippen LogP contribution in [-0.2, 0) is 5.88 Å². The van der Waals surface area contributed by atoms with Gasteiger partial charge in [0.1, 0.15) is 11.6 Å². The quantitative estimate of drug-likeness (QED) is 0.556. The first-order valence-electron chi connectivity index (χ1n) is 3.52. The van der Waals surface area contributed by atoms with Gasteiger partial charge in [-0.25, -0.2) is 4.39 Å². The summed E-state index contributed by atoms with van der Waals surface area (Å²) in [5, 5.41) is 0. The van der Waals surface area contributed by atoms with Gasteiger partial charge in [-0.15, -0.1) is 24.8 Å². The Morgan fingerprint density at radius 3 is 2.36 bits per heavy atom. The molecule has 0 saturated heterocycles. The number of hydrogen-bond donors (Lipinski definition) is 0. The summed E-state index contributed by atoms with van der Waals surface area (Å²) in [7, 11) is 0. The first-order valence-corrected chi connectivity index (χ1v) is 4.05. The van der Waals surface area contributed by atoms with E-state index >= 15 is 0 Å². The maximum atomic E-state index is 12.7. The van der Waals surface area contributed by atoms with E-state index in [1.54, 1.807) is 0 Å². The fraction of sp³-hybridized carbons (Fsp3) is 0.250. The van der Waals surface area contributed by atoms with Crippen LogP contribution in [0.1, 0.15) is 5.56 Å². The van der Waals surface area contributed by atoms with Gasteiger partial charge in [0.15, 0.2) is 0 Å². The van der Waals surface area contributed by atoms with E-state index in [4.69, 9.17) is 11.6 Å². The van der Waals surface area contributed by atoms with Crippen LogP contribution in [0.5, 0.6) is 5.75 Å². The molecule has 0 radical (unpaired) electrons. The number of benzene rings is 1. The summed E-state index contributed by atoms with van der Waals surface area (Å²) in [4.78, 5) is 0. The van der Waals surface area contributed by atoms with Crippen LogP contribution in [0.25, 0.3) is 0 Å². The maximum absolute atomic E-state index is 12.7. The largest absolute Gasteiger partial charge is 0.573 e. The second-order valence-electron chi connectivity index (χ2n) is 2.48. The first-order chi connectivity index (χ1) is 6.40. The maximum Gasteiger partial charge on any atom is 0.573 e. The van der Waals surface area contributed by atoms with Gasteiger partial charge in [-0.1, -0.05) is 0 Å². The highest BCUT2D eigenvalue weighted by atomic mass is 35.5. The predicted molar refractivity (Wildman–Crippen MR) is 42.6 cm³/mol. The molecule has 1 aromatic rings. The van der Waals surface area contributed by atoms with Crippen LogP contribution < -0.4 is 4.74 Å². The van der Waals surface area contributed by atoms with Crippen molar-refractivity contribution in [3.63, 3.8) is 0 Å². The number of hydrogen-bond acceptors (Lipinski definition) is 1. The molecule has 0 N–H and O–H groups in total. The summed E-state index contributed by atoms with van der Waals surface area (Å²) in [5.74, 6) is -1.50. The standard InChI is InChI=1S/C8H5ClF4O/c9-4-5-1-6(10)3-7(2-5)14-8(11,12)13/h1-3H,4H2. The van der Waals surface area contributed by atoms with Gasteiger partial charge in [-0.05, 0) is 17.7 Å². The molecule has 0 bridgehead atoms. The average Bonchev–Trinajstić information content (AvgIpc) is 1.99. The van der Waals surface area contributed by atoms with Gasteiger partial charge in [0, 0.05) is 11.9 Å². The number of halogens is 5. The molecule has 1 rings (SSSR count). The van der Waals surface area contributed by atoms with Gasteiger partial charge in [-0.2, -0.15) is 0 Å². The Hall–Kier alpha value is -0.970. The van der Waals surface area contributed by atoms with Gasteiger partial charge in [0.2, 0.25) is 0 Å². The molecule has 0 saturated carbocycles. The Morgan fingerprint density at radius 2 is 1.86 bits per heavy atom. The van der Waals surface area contributed by atoms with Gasteiger partial charge in [0.25, 0.3) is 0 Å². The van der Waals surface area contributed by atoms with Crippen LogP contribution in [0.15, 0.2) is 18.2 Å². The molecular weight excluding hydrogens is 224 g/mol. The van der Waals surface area contributed by atoms with Gasteiger partial charge in [-0.3, -0.25) is 0 Å². The summed E-state index contributed by atoms with van der Waals surface area (Å²) in [5.41, 5.74) is 0.228. The van der Waals surface area contributed by atoms with Crippen molar-refractivity contribution in [1.29, 1.82) is 0 Å². The minimum Gasteiger partial charge on any atom is -0.406 e. The zero-order valence-corrected chi connectivity index (χ0v) is 7.49. The van der Waals surface area contributed by atoms with Gasteiger partial charge < -0.3 is 4.74 Å². The molecule has 0 atom stereocenters. The van der Waals surface area contributed by atoms with Crippen LogP contribution in [0, 0.1) is 5.82 Å². The van der Waals surface area contributed by atoms with E-state index in [0.29, 0.717) is 6.07 Å². The van der Waals surface area contributed by atoms with E-state index in [2.05, 4.69) is 4.74 Å². The summed E-state index contributed by atoms with van der Waals surface area (Å²) >= 11 is 5.34. The normalized spacial score (nSPS) is 11.5. The molecule has 1 aromatic carbocycles. The number of ether oxygens (including phenoxy) is 1. The van der Waals surface area contributed by atoms with Crippen LogP contribution in [-0.4, -0.2) is 6.36 Å². The predicted octanol–water partition coefficient (Wildman–Crippen LogP) is 3.46. The van der Waals surface area contributed by atoms with Crippen molar-refractivity contribution < 1.29 is 22.3 Å². The lowest BCUT2D eigenvalue weighted by molar-refractivity contribution is -0.274. The Labute approximate surface area is 82.2 Å². The first kappa shape index (κ1) is 11.1. The fourth-order valence-corrected chi connectivity index (χ4v) is 1.04. The lowest BCUT2D eigenvalue weighted by atomic mass is 10.2. The zero-order chi connectivity index (χ0) is 10.8. The summed E-state index contributed by atoms with van der Waals surface area (Å²) < 4.78 is 51.4. The molecule has 78 valence electrons. The third-order valence-corrected chi connectivity index (χ3v) is 1.63. The molecule has 1 nitrogen and oxygen atoms in total. The van der Waals surface area contributed by atoms with Crippen molar-refractivity contribution in [3.05, 3.63) is 29.6 Å². The zero-order valence-electron chi connectivity index (χ0n) is 6.74. The highest BCUT2D eigenvalue weighted by Gasteiger charge is 2.31. The van der Waals surface area contributed by atoms with Crippen LogP contribution in [0.2, 0.25) is 0 Å². The summed E-state index contributed by atoms with van der Waals surface area (Å²) in [6.07, 6.45) is -4.82. The molecule has 6 heteroatoms. The SMILES string of the molecule is Fc1cc(CCl)cc(OC(F)(F)F)c1. The van der Waals surface area contributed by atoms with Crippen molar-refractivity contribution in [2.75, 3.05) is 0 Å². The Balaban J connectivity index is 2.92. The second-order valence-corrected chi connectivity index (χ2v) is 2.74. The molecule has 14 heavy (non-hydrogen) atoms. The fourth-order valence-electron chi connectivity index (χ4n) is 0.890. The molecule has 0 heterocycles. The Morgan fingerprint density at radius 1 is 1.21 bits per heavy atom.